The van der Waals surface area contributed by atoms with Gasteiger partial charge < -0.3 is 5.32 Å². The minimum Gasteiger partial charge on any atom is -0.314 e. The van der Waals surface area contributed by atoms with Gasteiger partial charge in [0.05, 0.1) is 11.4 Å². The van der Waals surface area contributed by atoms with Crippen LogP contribution in [0.2, 0.25) is 0 Å². The minimum absolute atomic E-state index is 0.127. The Kier molecular flexibility index (Phi) is 5.65. The number of hydrogen-bond acceptors (Lipinski definition) is 4. The number of anilines is 1. The van der Waals surface area contributed by atoms with Gasteiger partial charge in [-0.3, -0.25) is 9.62 Å². The summed E-state index contributed by atoms with van der Waals surface area (Å²) in [4.78, 5) is 2.18. The van der Waals surface area contributed by atoms with E-state index in [1.54, 1.807) is 0 Å². The van der Waals surface area contributed by atoms with Gasteiger partial charge in [0.1, 0.15) is 0 Å². The van der Waals surface area contributed by atoms with Crippen LogP contribution < -0.4 is 10.0 Å². The first kappa shape index (κ1) is 16.7. The molecule has 21 heavy (non-hydrogen) atoms. The fourth-order valence-corrected chi connectivity index (χ4v) is 4.38. The maximum atomic E-state index is 12.3. The lowest BCUT2D eigenvalue weighted by atomic mass is 10.1. The molecule has 2 N–H and O–H groups in total. The first-order valence-corrected chi connectivity index (χ1v) is 9.52. The van der Waals surface area contributed by atoms with Crippen molar-refractivity contribution in [3.05, 3.63) is 27.7 Å². The highest BCUT2D eigenvalue weighted by molar-refractivity contribution is 9.10. The molecule has 1 aromatic rings. The standard InChI is InChI=1S/C14H22BrN3O2S/c1-11-9-13(15)10-12(2)14(11)17-21(19,20)8-7-18-5-3-16-4-6-18/h9-10,16-17H,3-8H2,1-2H3. The average Bonchev–Trinajstić information content (AvgIpc) is 2.42. The zero-order valence-electron chi connectivity index (χ0n) is 12.4. The van der Waals surface area contributed by atoms with E-state index in [4.69, 9.17) is 0 Å². The molecule has 1 aromatic carbocycles. The summed E-state index contributed by atoms with van der Waals surface area (Å²) in [6.07, 6.45) is 0. The Morgan fingerprint density at radius 1 is 1.24 bits per heavy atom. The molecule has 0 amide bonds. The van der Waals surface area contributed by atoms with Crippen LogP contribution in [0, 0.1) is 13.8 Å². The fourth-order valence-electron chi connectivity index (χ4n) is 2.46. The van der Waals surface area contributed by atoms with Gasteiger partial charge in [-0.05, 0) is 37.1 Å². The third kappa shape index (κ3) is 4.95. The second-order valence-electron chi connectivity index (χ2n) is 5.43. The minimum atomic E-state index is -3.32. The molecule has 0 saturated carbocycles. The van der Waals surface area contributed by atoms with Gasteiger partial charge in [-0.2, -0.15) is 0 Å². The van der Waals surface area contributed by atoms with E-state index in [1.807, 2.05) is 26.0 Å². The molecule has 1 aliphatic heterocycles. The summed E-state index contributed by atoms with van der Waals surface area (Å²) >= 11 is 3.42. The number of piperazine rings is 1. The number of rotatable bonds is 5. The highest BCUT2D eigenvalue weighted by Crippen LogP contribution is 2.26. The maximum Gasteiger partial charge on any atom is 0.234 e. The SMILES string of the molecule is Cc1cc(Br)cc(C)c1NS(=O)(=O)CCN1CCNCC1. The van der Waals surface area contributed by atoms with E-state index in [-0.39, 0.29) is 5.75 Å². The van der Waals surface area contributed by atoms with Gasteiger partial charge in [-0.1, -0.05) is 15.9 Å². The van der Waals surface area contributed by atoms with Crippen LogP contribution >= 0.6 is 15.9 Å². The van der Waals surface area contributed by atoms with Crippen molar-refractivity contribution >= 4 is 31.6 Å². The van der Waals surface area contributed by atoms with Gasteiger partial charge in [0.25, 0.3) is 0 Å². The molecule has 7 heteroatoms. The lowest BCUT2D eigenvalue weighted by Gasteiger charge is -2.27. The molecule has 1 heterocycles. The second kappa shape index (κ2) is 7.09. The number of halogens is 1. The molecule has 0 aromatic heterocycles. The number of sulfonamides is 1. The molecular formula is C14H22BrN3O2S. The van der Waals surface area contributed by atoms with Crippen LogP contribution in [0.15, 0.2) is 16.6 Å². The van der Waals surface area contributed by atoms with Crippen LogP contribution in [0.3, 0.4) is 0 Å². The van der Waals surface area contributed by atoms with Crippen LogP contribution in [0.5, 0.6) is 0 Å². The molecule has 0 radical (unpaired) electrons. The Bertz CT molecular complexity index is 575. The van der Waals surface area contributed by atoms with Crippen molar-refractivity contribution in [2.75, 3.05) is 43.2 Å². The van der Waals surface area contributed by atoms with E-state index in [2.05, 4.69) is 30.9 Å². The Labute approximate surface area is 135 Å². The van der Waals surface area contributed by atoms with Gasteiger partial charge >= 0.3 is 0 Å². The lowest BCUT2D eigenvalue weighted by Crippen LogP contribution is -2.45. The normalized spacial score (nSPS) is 16.9. The number of nitrogens with zero attached hydrogens (tertiary/aromatic N) is 1. The van der Waals surface area contributed by atoms with E-state index in [0.717, 1.165) is 41.8 Å². The largest absolute Gasteiger partial charge is 0.314 e. The smallest absolute Gasteiger partial charge is 0.234 e. The zero-order valence-corrected chi connectivity index (χ0v) is 14.8. The predicted octanol–water partition coefficient (Wildman–Crippen LogP) is 1.71. The number of aryl methyl sites for hydroxylation is 2. The summed E-state index contributed by atoms with van der Waals surface area (Å²) in [6.45, 7) is 8.07. The Balaban J connectivity index is 2.00. The predicted molar refractivity (Wildman–Crippen MR) is 90.3 cm³/mol. The number of benzene rings is 1. The van der Waals surface area contributed by atoms with Gasteiger partial charge in [0.2, 0.25) is 10.0 Å². The molecule has 0 spiro atoms. The topological polar surface area (TPSA) is 61.4 Å². The summed E-state index contributed by atoms with van der Waals surface area (Å²) in [6, 6.07) is 3.84. The Morgan fingerprint density at radius 3 is 2.38 bits per heavy atom. The molecule has 0 aliphatic carbocycles. The molecule has 1 aliphatic rings. The first-order chi connectivity index (χ1) is 9.87. The highest BCUT2D eigenvalue weighted by atomic mass is 79.9. The summed E-state index contributed by atoms with van der Waals surface area (Å²) in [5, 5.41) is 3.26. The van der Waals surface area contributed by atoms with Crippen molar-refractivity contribution in [1.82, 2.24) is 10.2 Å². The number of nitrogens with one attached hydrogen (secondary N) is 2. The molecule has 1 saturated heterocycles. The Hall–Kier alpha value is -0.630. The van der Waals surface area contributed by atoms with Gasteiger partial charge in [-0.25, -0.2) is 8.42 Å². The van der Waals surface area contributed by atoms with Crippen molar-refractivity contribution in [2.45, 2.75) is 13.8 Å². The fraction of sp³-hybridized carbons (Fsp3) is 0.571. The van der Waals surface area contributed by atoms with E-state index in [1.165, 1.54) is 0 Å². The van der Waals surface area contributed by atoms with Crippen molar-refractivity contribution in [2.24, 2.45) is 0 Å². The van der Waals surface area contributed by atoms with E-state index >= 15 is 0 Å². The van der Waals surface area contributed by atoms with Crippen molar-refractivity contribution in [3.63, 3.8) is 0 Å². The molecule has 118 valence electrons. The van der Waals surface area contributed by atoms with Crippen molar-refractivity contribution in [3.8, 4) is 0 Å². The van der Waals surface area contributed by atoms with Crippen molar-refractivity contribution < 1.29 is 8.42 Å². The van der Waals surface area contributed by atoms with Gasteiger partial charge in [0.15, 0.2) is 0 Å². The molecular weight excluding hydrogens is 354 g/mol. The van der Waals surface area contributed by atoms with Crippen molar-refractivity contribution in [1.29, 1.82) is 0 Å². The third-order valence-corrected chi connectivity index (χ3v) is 5.33. The Morgan fingerprint density at radius 2 is 1.81 bits per heavy atom. The quantitative estimate of drug-likeness (QED) is 0.822. The van der Waals surface area contributed by atoms with Crippen LogP contribution in [0.25, 0.3) is 0 Å². The monoisotopic (exact) mass is 375 g/mol. The maximum absolute atomic E-state index is 12.3. The third-order valence-electron chi connectivity index (χ3n) is 3.64. The summed E-state index contributed by atoms with van der Waals surface area (Å²) < 4.78 is 28.2. The highest BCUT2D eigenvalue weighted by Gasteiger charge is 2.17. The van der Waals surface area contributed by atoms with Crippen LogP contribution in [0.1, 0.15) is 11.1 Å². The molecule has 1 fully saturated rings. The van der Waals surface area contributed by atoms with Crippen LogP contribution in [0.4, 0.5) is 5.69 Å². The summed E-state index contributed by atoms with van der Waals surface area (Å²) in [5.41, 5.74) is 2.54. The molecule has 0 bridgehead atoms. The lowest BCUT2D eigenvalue weighted by molar-refractivity contribution is 0.254. The van der Waals surface area contributed by atoms with Gasteiger partial charge in [-0.15, -0.1) is 0 Å². The molecule has 2 rings (SSSR count). The molecule has 0 unspecified atom stereocenters. The molecule has 5 nitrogen and oxygen atoms in total. The molecule has 0 atom stereocenters. The summed E-state index contributed by atoms with van der Waals surface area (Å²) in [5.74, 6) is 0.127. The van der Waals surface area contributed by atoms with Crippen LogP contribution in [-0.2, 0) is 10.0 Å². The summed E-state index contributed by atoms with van der Waals surface area (Å²) in [7, 11) is -3.32. The van der Waals surface area contributed by atoms with E-state index < -0.39 is 10.0 Å². The van der Waals surface area contributed by atoms with E-state index in [9.17, 15) is 8.42 Å². The zero-order chi connectivity index (χ0) is 15.5. The first-order valence-electron chi connectivity index (χ1n) is 7.08. The van der Waals surface area contributed by atoms with E-state index in [0.29, 0.717) is 12.2 Å². The number of hydrogen-bond donors (Lipinski definition) is 2. The van der Waals surface area contributed by atoms with Crippen LogP contribution in [-0.4, -0.2) is 51.8 Å². The second-order valence-corrected chi connectivity index (χ2v) is 8.18. The average molecular weight is 376 g/mol. The van der Waals surface area contributed by atoms with Gasteiger partial charge in [0, 0.05) is 37.2 Å².